The minimum absolute atomic E-state index is 0.160. The second kappa shape index (κ2) is 2.55. The van der Waals surface area contributed by atoms with Crippen LogP contribution >= 0.6 is 0 Å². The quantitative estimate of drug-likeness (QED) is 0.516. The van der Waals surface area contributed by atoms with Gasteiger partial charge in [-0.1, -0.05) is 6.07 Å². The summed E-state index contributed by atoms with van der Waals surface area (Å²) in [6, 6.07) is 2.80. The molecule has 1 heterocycles. The molecule has 0 aliphatic heterocycles. The van der Waals surface area contributed by atoms with E-state index in [1.54, 1.807) is 6.07 Å². The summed E-state index contributed by atoms with van der Waals surface area (Å²) >= 11 is 0. The number of nitrogens with zero attached hydrogens (tertiary/aromatic N) is 1. The van der Waals surface area contributed by atoms with Gasteiger partial charge in [0.2, 0.25) is 5.95 Å². The van der Waals surface area contributed by atoms with E-state index < -0.39 is 5.95 Å². The van der Waals surface area contributed by atoms with Crippen LogP contribution in [0.15, 0.2) is 18.3 Å². The molecule has 3 heteroatoms. The van der Waals surface area contributed by atoms with Crippen molar-refractivity contribution in [1.82, 2.24) is 10.7 Å². The van der Waals surface area contributed by atoms with Crippen molar-refractivity contribution in [2.24, 2.45) is 0 Å². The molecule has 47 valence electrons. The van der Waals surface area contributed by atoms with Gasteiger partial charge in [-0.25, -0.2) is 4.98 Å². The number of hydrogen-bond donors (Lipinski definition) is 0. The topological polar surface area (TPSA) is 36.7 Å². The predicted molar refractivity (Wildman–Crippen MR) is 31.0 cm³/mol. The van der Waals surface area contributed by atoms with Gasteiger partial charge in [0.25, 0.3) is 0 Å². The van der Waals surface area contributed by atoms with Crippen molar-refractivity contribution in [3.05, 3.63) is 29.8 Å². The Labute approximate surface area is 52.5 Å². The summed E-state index contributed by atoms with van der Waals surface area (Å²) in [4.78, 5) is 3.36. The van der Waals surface area contributed by atoms with Crippen molar-refractivity contribution in [1.29, 1.82) is 0 Å². The van der Waals surface area contributed by atoms with Gasteiger partial charge in [-0.15, -0.1) is 0 Å². The Kier molecular flexibility index (Phi) is 1.75. The van der Waals surface area contributed by atoms with Crippen LogP contribution in [0.25, 0.3) is 0 Å². The Balaban J connectivity index is 2.88. The Morgan fingerprint density at radius 3 is 2.78 bits per heavy atom. The zero-order valence-corrected chi connectivity index (χ0v) is 4.76. The van der Waals surface area contributed by atoms with Gasteiger partial charge in [0, 0.05) is 12.7 Å². The third-order valence-corrected chi connectivity index (χ3v) is 0.993. The van der Waals surface area contributed by atoms with Gasteiger partial charge in [-0.2, -0.15) is 4.39 Å². The molecule has 9 heavy (non-hydrogen) atoms. The van der Waals surface area contributed by atoms with Crippen molar-refractivity contribution < 1.29 is 4.39 Å². The highest BCUT2D eigenvalue weighted by molar-refractivity contribution is 5.07. The molecule has 0 aromatic carbocycles. The minimum Gasteiger partial charge on any atom is -0.253 e. The fourth-order valence-electron chi connectivity index (χ4n) is 0.511. The molecule has 0 atom stereocenters. The Bertz CT molecular complexity index is 183. The fraction of sp³-hybridized carbons (Fsp3) is 0.167. The first-order chi connectivity index (χ1) is 4.33. The third-order valence-electron chi connectivity index (χ3n) is 0.993. The Morgan fingerprint density at radius 2 is 2.33 bits per heavy atom. The molecule has 1 radical (unpaired) electrons. The summed E-state index contributed by atoms with van der Waals surface area (Å²) in [5, 5.41) is 0. The fourth-order valence-corrected chi connectivity index (χ4v) is 0.511. The van der Waals surface area contributed by atoms with Crippen LogP contribution in [0, 0.1) is 5.95 Å². The Hall–Kier alpha value is -0.960. The molecule has 0 saturated carbocycles. The molecular formula is C6H6FN2. The van der Waals surface area contributed by atoms with Crippen LogP contribution in [0.3, 0.4) is 0 Å². The van der Waals surface area contributed by atoms with Crippen LogP contribution in [-0.2, 0) is 6.54 Å². The number of rotatable bonds is 1. The van der Waals surface area contributed by atoms with E-state index in [0.717, 1.165) is 5.56 Å². The van der Waals surface area contributed by atoms with Crippen molar-refractivity contribution in [2.75, 3.05) is 0 Å². The van der Waals surface area contributed by atoms with E-state index in [9.17, 15) is 4.39 Å². The summed E-state index contributed by atoms with van der Waals surface area (Å²) < 4.78 is 12.1. The highest BCUT2D eigenvalue weighted by atomic mass is 19.1. The van der Waals surface area contributed by atoms with E-state index in [0.29, 0.717) is 0 Å². The van der Waals surface area contributed by atoms with Gasteiger partial charge >= 0.3 is 0 Å². The van der Waals surface area contributed by atoms with E-state index >= 15 is 0 Å². The lowest BCUT2D eigenvalue weighted by Gasteiger charge is -1.90. The average molecular weight is 125 g/mol. The van der Waals surface area contributed by atoms with Gasteiger partial charge in [0.15, 0.2) is 0 Å². The molecule has 1 aromatic rings. The van der Waals surface area contributed by atoms with Crippen LogP contribution in [-0.4, -0.2) is 4.98 Å². The maximum Gasteiger partial charge on any atom is 0.212 e. The maximum atomic E-state index is 12.1. The largest absolute Gasteiger partial charge is 0.253 e. The lowest BCUT2D eigenvalue weighted by atomic mass is 10.3. The van der Waals surface area contributed by atoms with E-state index in [1.807, 2.05) is 0 Å². The first kappa shape index (κ1) is 6.16. The molecule has 1 rings (SSSR count). The summed E-state index contributed by atoms with van der Waals surface area (Å²) in [6.07, 6.45) is 1.36. The molecule has 2 nitrogen and oxygen atoms in total. The monoisotopic (exact) mass is 125 g/mol. The van der Waals surface area contributed by atoms with Crippen LogP contribution < -0.4 is 5.73 Å². The van der Waals surface area contributed by atoms with Crippen LogP contribution in [0.2, 0.25) is 0 Å². The average Bonchev–Trinajstić information content (AvgIpc) is 1.90. The van der Waals surface area contributed by atoms with E-state index in [1.165, 1.54) is 12.3 Å². The summed E-state index contributed by atoms with van der Waals surface area (Å²) in [7, 11) is 0. The first-order valence-corrected chi connectivity index (χ1v) is 2.58. The number of aromatic nitrogens is 1. The SMILES string of the molecule is [NH]Cc1ccc(F)nc1. The number of pyridine rings is 1. The lowest BCUT2D eigenvalue weighted by molar-refractivity contribution is 0.582. The zero-order valence-electron chi connectivity index (χ0n) is 4.76. The van der Waals surface area contributed by atoms with Crippen LogP contribution in [0.4, 0.5) is 4.39 Å². The molecule has 0 bridgehead atoms. The van der Waals surface area contributed by atoms with Crippen molar-refractivity contribution in [3.8, 4) is 0 Å². The maximum absolute atomic E-state index is 12.1. The summed E-state index contributed by atoms with van der Waals surface area (Å²) in [6.45, 7) is 0.160. The van der Waals surface area contributed by atoms with Crippen molar-refractivity contribution >= 4 is 0 Å². The molecule has 0 unspecified atom stereocenters. The summed E-state index contributed by atoms with van der Waals surface area (Å²) in [5.41, 5.74) is 7.58. The van der Waals surface area contributed by atoms with E-state index in [-0.39, 0.29) is 6.54 Å². The van der Waals surface area contributed by atoms with E-state index in [2.05, 4.69) is 4.98 Å². The molecule has 0 fully saturated rings. The standard InChI is InChI=1S/C6H6FN2/c7-6-2-1-5(3-8)4-9-6/h1-2,4,8H,3H2. The van der Waals surface area contributed by atoms with Gasteiger partial charge in [-0.3, -0.25) is 5.73 Å². The smallest absolute Gasteiger partial charge is 0.212 e. The van der Waals surface area contributed by atoms with Crippen LogP contribution in [0.1, 0.15) is 5.56 Å². The van der Waals surface area contributed by atoms with Gasteiger partial charge in [-0.05, 0) is 11.6 Å². The Morgan fingerprint density at radius 1 is 1.56 bits per heavy atom. The molecule has 0 saturated heterocycles. The van der Waals surface area contributed by atoms with E-state index in [4.69, 9.17) is 5.73 Å². The number of hydrogen-bond acceptors (Lipinski definition) is 1. The lowest BCUT2D eigenvalue weighted by Crippen LogP contribution is -1.87. The third kappa shape index (κ3) is 1.47. The second-order valence-corrected chi connectivity index (χ2v) is 1.67. The molecule has 1 N–H and O–H groups in total. The number of halogens is 1. The highest BCUT2D eigenvalue weighted by Crippen LogP contribution is 1.96. The molecule has 0 aliphatic carbocycles. The molecule has 1 aromatic heterocycles. The summed E-state index contributed by atoms with van der Waals surface area (Å²) in [5.74, 6) is -0.493. The normalized spacial score (nSPS) is 9.56. The van der Waals surface area contributed by atoms with Crippen molar-refractivity contribution in [3.63, 3.8) is 0 Å². The highest BCUT2D eigenvalue weighted by Gasteiger charge is 1.89. The molecule has 0 spiro atoms. The number of nitrogens with one attached hydrogen (secondary N) is 1. The molecule has 0 amide bonds. The van der Waals surface area contributed by atoms with Gasteiger partial charge in [0.05, 0.1) is 0 Å². The minimum atomic E-state index is -0.493. The zero-order chi connectivity index (χ0) is 6.69. The van der Waals surface area contributed by atoms with Gasteiger partial charge < -0.3 is 0 Å². The molecule has 0 aliphatic rings. The second-order valence-electron chi connectivity index (χ2n) is 1.67. The van der Waals surface area contributed by atoms with Gasteiger partial charge in [0.1, 0.15) is 0 Å². The first-order valence-electron chi connectivity index (χ1n) is 2.58. The van der Waals surface area contributed by atoms with Crippen molar-refractivity contribution in [2.45, 2.75) is 6.54 Å². The predicted octanol–water partition coefficient (Wildman–Crippen LogP) is 1.00. The van der Waals surface area contributed by atoms with Crippen LogP contribution in [0.5, 0.6) is 0 Å². The molecular weight excluding hydrogens is 119 g/mol.